The van der Waals surface area contributed by atoms with Gasteiger partial charge in [0.1, 0.15) is 23.4 Å². The number of hydrogen-bond acceptors (Lipinski definition) is 5. The van der Waals surface area contributed by atoms with E-state index in [1.807, 2.05) is 6.92 Å². The summed E-state index contributed by atoms with van der Waals surface area (Å²) in [6.07, 6.45) is -0.193. The summed E-state index contributed by atoms with van der Waals surface area (Å²) in [5, 5.41) is 3.25. The van der Waals surface area contributed by atoms with Crippen molar-refractivity contribution >= 4 is 52.1 Å². The smallest absolute Gasteiger partial charge is 0.256 e. The van der Waals surface area contributed by atoms with Gasteiger partial charge < -0.3 is 19.7 Å². The molecular weight excluding hydrogens is 517 g/mol. The third-order valence-corrected chi connectivity index (χ3v) is 6.55. The number of thiocarbonyl (C=S) groups is 1. The lowest BCUT2D eigenvalue weighted by atomic mass is 10.1. The van der Waals surface area contributed by atoms with Crippen LogP contribution in [0.25, 0.3) is 0 Å². The Morgan fingerprint density at radius 1 is 1.14 bits per heavy atom. The lowest BCUT2D eigenvalue weighted by Gasteiger charge is -2.24. The zero-order chi connectivity index (χ0) is 26.5. The second-order valence-corrected chi connectivity index (χ2v) is 8.99. The molecule has 4 rings (SSSR count). The summed E-state index contributed by atoms with van der Waals surface area (Å²) in [6.45, 7) is 2.43. The van der Waals surface area contributed by atoms with Crippen LogP contribution in [0.2, 0.25) is 5.02 Å². The molecule has 0 bridgehead atoms. The van der Waals surface area contributed by atoms with Crippen molar-refractivity contribution in [2.45, 2.75) is 25.9 Å². The van der Waals surface area contributed by atoms with Gasteiger partial charge in [0, 0.05) is 17.8 Å². The lowest BCUT2D eigenvalue weighted by molar-refractivity contribution is -0.124. The molecule has 1 N–H and O–H groups in total. The molecule has 1 fully saturated rings. The van der Waals surface area contributed by atoms with Crippen LogP contribution in [0.3, 0.4) is 0 Å². The number of amides is 2. The van der Waals surface area contributed by atoms with Crippen LogP contribution in [0.4, 0.5) is 15.8 Å². The van der Waals surface area contributed by atoms with Gasteiger partial charge in [0.25, 0.3) is 5.91 Å². The number of carbonyl (C=O) groups excluding carboxylic acids is 2. The van der Waals surface area contributed by atoms with Crippen LogP contribution in [0, 0.1) is 5.82 Å². The Kier molecular flexibility index (Phi) is 8.25. The van der Waals surface area contributed by atoms with E-state index in [9.17, 15) is 14.0 Å². The van der Waals surface area contributed by atoms with Gasteiger partial charge in [0.05, 0.1) is 30.8 Å². The molecule has 1 aliphatic rings. The van der Waals surface area contributed by atoms with E-state index < -0.39 is 23.7 Å². The normalized spacial score (nSPS) is 15.2. The Bertz CT molecular complexity index is 1320. The van der Waals surface area contributed by atoms with Crippen LogP contribution in [0.5, 0.6) is 11.5 Å². The Balaban J connectivity index is 1.60. The SMILES string of the molecule is CCOc1ccc(NC(=O)C[C@H]2C(=O)N(c3ccc(OC)c(Cl)c3)C(=S)N2Cc2ccccc2F)cc1. The highest BCUT2D eigenvalue weighted by Crippen LogP contribution is 2.34. The van der Waals surface area contributed by atoms with Gasteiger partial charge in [0.15, 0.2) is 5.11 Å². The molecule has 3 aromatic rings. The maximum absolute atomic E-state index is 14.5. The van der Waals surface area contributed by atoms with Gasteiger partial charge in [-0.25, -0.2) is 4.39 Å². The minimum Gasteiger partial charge on any atom is -0.495 e. The molecule has 10 heteroatoms. The fourth-order valence-electron chi connectivity index (χ4n) is 4.04. The quantitative estimate of drug-likeness (QED) is 0.365. The van der Waals surface area contributed by atoms with E-state index in [0.717, 1.165) is 0 Å². The second-order valence-electron chi connectivity index (χ2n) is 8.22. The molecule has 0 radical (unpaired) electrons. The Labute approximate surface area is 224 Å². The second kappa shape index (κ2) is 11.6. The summed E-state index contributed by atoms with van der Waals surface area (Å²) in [5.74, 6) is -0.108. The Hall–Kier alpha value is -3.69. The maximum Gasteiger partial charge on any atom is 0.256 e. The number of benzene rings is 3. The monoisotopic (exact) mass is 541 g/mol. The largest absolute Gasteiger partial charge is 0.495 e. The highest BCUT2D eigenvalue weighted by Gasteiger charge is 2.44. The predicted molar refractivity (Wildman–Crippen MR) is 145 cm³/mol. The first-order chi connectivity index (χ1) is 17.8. The Morgan fingerprint density at radius 2 is 1.86 bits per heavy atom. The van der Waals surface area contributed by atoms with Crippen LogP contribution < -0.4 is 19.7 Å². The highest BCUT2D eigenvalue weighted by molar-refractivity contribution is 7.80. The average Bonchev–Trinajstić information content (AvgIpc) is 3.10. The zero-order valence-electron chi connectivity index (χ0n) is 20.2. The van der Waals surface area contributed by atoms with E-state index in [1.165, 1.54) is 18.1 Å². The fourth-order valence-corrected chi connectivity index (χ4v) is 4.68. The predicted octanol–water partition coefficient (Wildman–Crippen LogP) is 5.42. The van der Waals surface area contributed by atoms with Crippen molar-refractivity contribution in [2.24, 2.45) is 0 Å². The third kappa shape index (κ3) is 5.84. The van der Waals surface area contributed by atoms with E-state index in [0.29, 0.717) is 40.1 Å². The summed E-state index contributed by atoms with van der Waals surface area (Å²) >= 11 is 11.9. The van der Waals surface area contributed by atoms with Crippen molar-refractivity contribution in [3.8, 4) is 11.5 Å². The van der Waals surface area contributed by atoms with Crippen LogP contribution in [-0.4, -0.2) is 41.6 Å². The molecule has 0 aromatic heterocycles. The van der Waals surface area contributed by atoms with Gasteiger partial charge in [-0.15, -0.1) is 0 Å². The van der Waals surface area contributed by atoms with Crippen molar-refractivity contribution in [1.82, 2.24) is 4.90 Å². The molecule has 3 aromatic carbocycles. The average molecular weight is 542 g/mol. The van der Waals surface area contributed by atoms with Crippen LogP contribution >= 0.6 is 23.8 Å². The molecule has 37 heavy (non-hydrogen) atoms. The molecule has 192 valence electrons. The standard InChI is InChI=1S/C27H25ClFN3O4S/c1-3-36-20-11-8-18(9-12-20)30-25(33)15-23-26(34)32(19-10-13-24(35-2)21(28)14-19)27(37)31(23)16-17-6-4-5-7-22(17)29/h4-14,23H,3,15-16H2,1-2H3,(H,30,33)/t23-/m0/s1. The summed E-state index contributed by atoms with van der Waals surface area (Å²) < 4.78 is 25.1. The van der Waals surface area contributed by atoms with E-state index in [-0.39, 0.29) is 18.1 Å². The molecule has 7 nitrogen and oxygen atoms in total. The summed E-state index contributed by atoms with van der Waals surface area (Å²) in [4.78, 5) is 29.5. The Morgan fingerprint density at radius 3 is 2.51 bits per heavy atom. The molecular formula is C27H25ClFN3O4S. The molecule has 0 saturated carbocycles. The number of anilines is 2. The zero-order valence-corrected chi connectivity index (χ0v) is 21.8. The number of methoxy groups -OCH3 is 1. The molecule has 2 amide bonds. The van der Waals surface area contributed by atoms with Crippen LogP contribution in [0.1, 0.15) is 18.9 Å². The van der Waals surface area contributed by atoms with E-state index in [1.54, 1.807) is 65.6 Å². The van der Waals surface area contributed by atoms with Gasteiger partial charge >= 0.3 is 0 Å². The molecule has 0 aliphatic carbocycles. The van der Waals surface area contributed by atoms with Gasteiger partial charge in [0.2, 0.25) is 5.91 Å². The fraction of sp³-hybridized carbons (Fsp3) is 0.222. The van der Waals surface area contributed by atoms with E-state index in [4.69, 9.17) is 33.3 Å². The van der Waals surface area contributed by atoms with Gasteiger partial charge in [-0.2, -0.15) is 0 Å². The lowest BCUT2D eigenvalue weighted by Crippen LogP contribution is -2.37. The van der Waals surface area contributed by atoms with Crippen molar-refractivity contribution in [2.75, 3.05) is 23.9 Å². The molecule has 1 atom stereocenters. The molecule has 1 heterocycles. The first-order valence-electron chi connectivity index (χ1n) is 11.6. The summed E-state index contributed by atoms with van der Waals surface area (Å²) in [7, 11) is 1.49. The van der Waals surface area contributed by atoms with Gasteiger partial charge in [-0.05, 0) is 67.7 Å². The van der Waals surface area contributed by atoms with Crippen LogP contribution in [-0.2, 0) is 16.1 Å². The minimum absolute atomic E-state index is 0.0125. The molecule has 1 aliphatic heterocycles. The first-order valence-corrected chi connectivity index (χ1v) is 12.3. The highest BCUT2D eigenvalue weighted by atomic mass is 35.5. The third-order valence-electron chi connectivity index (χ3n) is 5.84. The number of rotatable bonds is 9. The van der Waals surface area contributed by atoms with E-state index in [2.05, 4.69) is 5.32 Å². The van der Waals surface area contributed by atoms with Crippen molar-refractivity contribution < 1.29 is 23.5 Å². The maximum atomic E-state index is 14.5. The van der Waals surface area contributed by atoms with Crippen molar-refractivity contribution in [1.29, 1.82) is 0 Å². The number of nitrogens with one attached hydrogen (secondary N) is 1. The van der Waals surface area contributed by atoms with E-state index >= 15 is 0 Å². The van der Waals surface area contributed by atoms with Crippen LogP contribution in [0.15, 0.2) is 66.7 Å². The first kappa shape index (κ1) is 26.4. The van der Waals surface area contributed by atoms with Gasteiger partial charge in [-0.1, -0.05) is 29.8 Å². The number of ether oxygens (including phenoxy) is 2. The number of hydrogen-bond donors (Lipinski definition) is 1. The van der Waals surface area contributed by atoms with Gasteiger partial charge in [-0.3, -0.25) is 14.5 Å². The molecule has 1 saturated heterocycles. The summed E-state index contributed by atoms with van der Waals surface area (Å²) in [5.41, 5.74) is 1.33. The number of halogens is 2. The molecule has 0 spiro atoms. The van der Waals surface area contributed by atoms with Crippen molar-refractivity contribution in [3.05, 3.63) is 83.1 Å². The topological polar surface area (TPSA) is 71.1 Å². The summed E-state index contributed by atoms with van der Waals surface area (Å²) in [6, 6.07) is 17.1. The number of nitrogens with zero attached hydrogens (tertiary/aromatic N) is 2. The number of carbonyl (C=O) groups is 2. The molecule has 0 unspecified atom stereocenters. The minimum atomic E-state index is -0.948. The van der Waals surface area contributed by atoms with Crippen molar-refractivity contribution in [3.63, 3.8) is 0 Å².